The van der Waals surface area contributed by atoms with Crippen LogP contribution in [0.25, 0.3) is 11.3 Å². The summed E-state index contributed by atoms with van der Waals surface area (Å²) in [5, 5.41) is 4.64. The normalized spacial score (nSPS) is 11.0. The highest BCUT2D eigenvalue weighted by atomic mass is 35.5. The van der Waals surface area contributed by atoms with E-state index in [1.807, 2.05) is 0 Å². The third-order valence-corrected chi connectivity index (χ3v) is 4.13. The number of rotatable bonds is 4. The molecule has 7 heteroatoms. The summed E-state index contributed by atoms with van der Waals surface area (Å²) >= 11 is 12.1. The molecular weight excluding hydrogens is 366 g/mol. The van der Waals surface area contributed by atoms with Crippen LogP contribution in [0.4, 0.5) is 4.39 Å². The van der Waals surface area contributed by atoms with Gasteiger partial charge in [0.25, 0.3) is 5.91 Å². The van der Waals surface area contributed by atoms with E-state index in [1.165, 1.54) is 30.5 Å². The molecule has 0 spiro atoms. The molecule has 0 atom stereocenters. The molecule has 0 fully saturated rings. The number of nitrogens with zero attached hydrogens (tertiary/aromatic N) is 1. The van der Waals surface area contributed by atoms with Crippen LogP contribution in [0.15, 0.2) is 64.1 Å². The van der Waals surface area contributed by atoms with Crippen LogP contribution >= 0.6 is 23.2 Å². The van der Waals surface area contributed by atoms with Crippen molar-refractivity contribution in [3.8, 4) is 11.3 Å². The fraction of sp³-hybridized carbons (Fsp3) is 0. The Balaban J connectivity index is 1.69. The van der Waals surface area contributed by atoms with Gasteiger partial charge in [-0.15, -0.1) is 0 Å². The van der Waals surface area contributed by atoms with Crippen LogP contribution in [-0.4, -0.2) is 12.1 Å². The second-order valence-corrected chi connectivity index (χ2v) is 5.79. The van der Waals surface area contributed by atoms with Gasteiger partial charge in [0, 0.05) is 11.1 Å². The van der Waals surface area contributed by atoms with E-state index >= 15 is 0 Å². The van der Waals surface area contributed by atoms with Crippen molar-refractivity contribution in [1.82, 2.24) is 5.43 Å². The van der Waals surface area contributed by atoms with Gasteiger partial charge in [0.15, 0.2) is 0 Å². The van der Waals surface area contributed by atoms with Crippen molar-refractivity contribution in [3.05, 3.63) is 81.8 Å². The number of halogens is 3. The summed E-state index contributed by atoms with van der Waals surface area (Å²) in [6, 6.07) is 13.8. The lowest BCUT2D eigenvalue weighted by atomic mass is 10.2. The molecule has 2 aromatic carbocycles. The second kappa shape index (κ2) is 7.51. The first-order valence-corrected chi connectivity index (χ1v) is 7.93. The van der Waals surface area contributed by atoms with Crippen LogP contribution in [-0.2, 0) is 0 Å². The molecule has 0 aliphatic carbocycles. The molecule has 1 aromatic heterocycles. The average Bonchev–Trinajstić information content (AvgIpc) is 3.06. The fourth-order valence-electron chi connectivity index (χ4n) is 2.08. The maximum Gasteiger partial charge on any atom is 0.271 e. The van der Waals surface area contributed by atoms with Gasteiger partial charge in [-0.25, -0.2) is 9.82 Å². The Morgan fingerprint density at radius 3 is 2.60 bits per heavy atom. The molecule has 0 radical (unpaired) electrons. The summed E-state index contributed by atoms with van der Waals surface area (Å²) in [7, 11) is 0. The molecule has 0 saturated heterocycles. The van der Waals surface area contributed by atoms with Gasteiger partial charge in [-0.3, -0.25) is 4.79 Å². The van der Waals surface area contributed by atoms with Gasteiger partial charge in [0.2, 0.25) is 0 Å². The number of hydrazone groups is 1. The smallest absolute Gasteiger partial charge is 0.271 e. The topological polar surface area (TPSA) is 54.6 Å². The van der Waals surface area contributed by atoms with Crippen molar-refractivity contribution in [2.75, 3.05) is 0 Å². The first-order chi connectivity index (χ1) is 12.0. The first kappa shape index (κ1) is 17.2. The molecule has 3 rings (SSSR count). The zero-order valence-corrected chi connectivity index (χ0v) is 14.2. The molecule has 4 nitrogen and oxygen atoms in total. The Kier molecular flexibility index (Phi) is 5.16. The van der Waals surface area contributed by atoms with E-state index in [9.17, 15) is 9.18 Å². The van der Waals surface area contributed by atoms with E-state index in [4.69, 9.17) is 27.6 Å². The van der Waals surface area contributed by atoms with Crippen LogP contribution in [0.5, 0.6) is 0 Å². The fourth-order valence-corrected chi connectivity index (χ4v) is 2.48. The lowest BCUT2D eigenvalue weighted by Crippen LogP contribution is -2.17. The van der Waals surface area contributed by atoms with Crippen LogP contribution in [0, 0.1) is 5.82 Å². The molecule has 0 unspecified atom stereocenters. The number of nitrogens with one attached hydrogen (secondary N) is 1. The van der Waals surface area contributed by atoms with Gasteiger partial charge in [0.1, 0.15) is 17.3 Å². The molecular formula is C18H11Cl2FN2O2. The third kappa shape index (κ3) is 4.07. The van der Waals surface area contributed by atoms with Crippen LogP contribution in [0.3, 0.4) is 0 Å². The van der Waals surface area contributed by atoms with Gasteiger partial charge in [-0.2, -0.15) is 5.10 Å². The molecule has 1 N–H and O–H groups in total. The van der Waals surface area contributed by atoms with Gasteiger partial charge in [-0.05, 0) is 48.5 Å². The Labute approximate surface area is 152 Å². The summed E-state index contributed by atoms with van der Waals surface area (Å²) in [6.45, 7) is 0. The standard InChI is InChI=1S/C18H11Cl2FN2O2/c19-15-3-1-2-14(17(15)20)16-9-8-13(25-16)10-22-23-18(24)11-4-6-12(21)7-5-11/h1-10H,(H,23,24)/b22-10+. The molecule has 0 aliphatic heterocycles. The first-order valence-electron chi connectivity index (χ1n) is 7.18. The predicted octanol–water partition coefficient (Wildman–Crippen LogP) is 5.16. The quantitative estimate of drug-likeness (QED) is 0.505. The molecule has 0 saturated carbocycles. The minimum absolute atomic E-state index is 0.296. The number of carbonyl (C=O) groups excluding carboxylic acids is 1. The van der Waals surface area contributed by atoms with E-state index in [1.54, 1.807) is 30.3 Å². The van der Waals surface area contributed by atoms with Crippen molar-refractivity contribution in [3.63, 3.8) is 0 Å². The predicted molar refractivity (Wildman–Crippen MR) is 95.6 cm³/mol. The summed E-state index contributed by atoms with van der Waals surface area (Å²) in [5.41, 5.74) is 3.29. The zero-order chi connectivity index (χ0) is 17.8. The Morgan fingerprint density at radius 1 is 1.08 bits per heavy atom. The van der Waals surface area contributed by atoms with Gasteiger partial charge in [-0.1, -0.05) is 29.3 Å². The number of hydrogen-bond acceptors (Lipinski definition) is 3. The Hall–Kier alpha value is -2.63. The van der Waals surface area contributed by atoms with E-state index in [2.05, 4.69) is 10.5 Å². The molecule has 0 aliphatic rings. The van der Waals surface area contributed by atoms with Crippen LogP contribution in [0.2, 0.25) is 10.0 Å². The maximum absolute atomic E-state index is 12.8. The minimum atomic E-state index is -0.457. The Bertz CT molecular complexity index is 937. The van der Waals surface area contributed by atoms with Gasteiger partial charge in [0.05, 0.1) is 16.3 Å². The van der Waals surface area contributed by atoms with Crippen molar-refractivity contribution < 1.29 is 13.6 Å². The van der Waals surface area contributed by atoms with Crippen LogP contribution in [0.1, 0.15) is 16.1 Å². The molecule has 1 amide bonds. The molecule has 126 valence electrons. The maximum atomic E-state index is 12.8. The lowest BCUT2D eigenvalue weighted by Gasteiger charge is -2.01. The SMILES string of the molecule is O=C(N/N=C/c1ccc(-c2cccc(Cl)c2Cl)o1)c1ccc(F)cc1. The zero-order valence-electron chi connectivity index (χ0n) is 12.7. The second-order valence-electron chi connectivity index (χ2n) is 5.01. The number of furan rings is 1. The highest BCUT2D eigenvalue weighted by molar-refractivity contribution is 6.43. The third-order valence-electron chi connectivity index (χ3n) is 3.31. The van der Waals surface area contributed by atoms with Crippen LogP contribution < -0.4 is 5.43 Å². The monoisotopic (exact) mass is 376 g/mol. The summed E-state index contributed by atoms with van der Waals surface area (Å²) in [5.74, 6) is 0.0769. The minimum Gasteiger partial charge on any atom is -0.455 e. The van der Waals surface area contributed by atoms with Crippen molar-refractivity contribution in [1.29, 1.82) is 0 Å². The summed E-state index contributed by atoms with van der Waals surface area (Å²) < 4.78 is 18.4. The lowest BCUT2D eigenvalue weighted by molar-refractivity contribution is 0.0955. The highest BCUT2D eigenvalue weighted by Crippen LogP contribution is 2.34. The molecule has 25 heavy (non-hydrogen) atoms. The highest BCUT2D eigenvalue weighted by Gasteiger charge is 2.10. The summed E-state index contributed by atoms with van der Waals surface area (Å²) in [4.78, 5) is 11.8. The number of benzene rings is 2. The van der Waals surface area contributed by atoms with Crippen molar-refractivity contribution in [2.45, 2.75) is 0 Å². The van der Waals surface area contributed by atoms with E-state index in [-0.39, 0.29) is 0 Å². The van der Waals surface area contributed by atoms with E-state index in [0.29, 0.717) is 32.7 Å². The number of carbonyl (C=O) groups is 1. The number of amides is 1. The van der Waals surface area contributed by atoms with Gasteiger partial charge < -0.3 is 4.42 Å². The molecule has 3 aromatic rings. The Morgan fingerprint density at radius 2 is 1.84 bits per heavy atom. The van der Waals surface area contributed by atoms with E-state index < -0.39 is 11.7 Å². The van der Waals surface area contributed by atoms with Crippen molar-refractivity contribution >= 4 is 35.3 Å². The van der Waals surface area contributed by atoms with Gasteiger partial charge >= 0.3 is 0 Å². The molecule has 1 heterocycles. The van der Waals surface area contributed by atoms with E-state index in [0.717, 1.165) is 0 Å². The largest absolute Gasteiger partial charge is 0.455 e. The molecule has 0 bridgehead atoms. The van der Waals surface area contributed by atoms with Crippen molar-refractivity contribution in [2.24, 2.45) is 5.10 Å². The average molecular weight is 377 g/mol. The number of hydrogen-bond donors (Lipinski definition) is 1. The summed E-state index contributed by atoms with van der Waals surface area (Å²) in [6.07, 6.45) is 1.35.